The second kappa shape index (κ2) is 4.49. The van der Waals surface area contributed by atoms with Crippen LogP contribution in [0, 0.1) is 6.92 Å². The van der Waals surface area contributed by atoms with E-state index in [0.29, 0.717) is 11.4 Å². The van der Waals surface area contributed by atoms with Crippen molar-refractivity contribution in [2.75, 3.05) is 12.0 Å². The highest BCUT2D eigenvalue weighted by atomic mass is 32.2. The predicted octanol–water partition coefficient (Wildman–Crippen LogP) is 2.15. The Bertz CT molecular complexity index is 513. The number of thioether (sulfide) groups is 1. The van der Waals surface area contributed by atoms with E-state index in [0.717, 1.165) is 16.5 Å². The molecule has 2 aromatic heterocycles. The van der Waals surface area contributed by atoms with Crippen LogP contribution >= 0.6 is 11.8 Å². The molecule has 0 aliphatic heterocycles. The molecule has 82 valence electrons. The number of nitrogen functional groups attached to an aromatic ring is 1. The van der Waals surface area contributed by atoms with Gasteiger partial charge in [0.25, 0.3) is 0 Å². The van der Waals surface area contributed by atoms with E-state index in [4.69, 9.17) is 5.73 Å². The third-order valence-electron chi connectivity index (χ3n) is 2.11. The Hall–Kier alpha value is -1.62. The van der Waals surface area contributed by atoms with Gasteiger partial charge in [-0.3, -0.25) is 4.98 Å². The molecule has 2 heterocycles. The molecule has 0 amide bonds. The summed E-state index contributed by atoms with van der Waals surface area (Å²) >= 11 is 1.58. The van der Waals surface area contributed by atoms with Crippen LogP contribution in [0.4, 0.5) is 5.69 Å². The molecule has 0 bridgehead atoms. The molecule has 0 aliphatic rings. The third kappa shape index (κ3) is 2.14. The molecule has 0 unspecified atom stereocenters. The zero-order valence-electron chi connectivity index (χ0n) is 9.14. The van der Waals surface area contributed by atoms with Crippen LogP contribution < -0.4 is 5.73 Å². The predicted molar refractivity (Wildman–Crippen MR) is 66.2 cm³/mol. The molecule has 0 saturated carbocycles. The lowest BCUT2D eigenvalue weighted by Crippen LogP contribution is -1.98. The molecule has 0 atom stereocenters. The number of hydrogen-bond acceptors (Lipinski definition) is 5. The van der Waals surface area contributed by atoms with Crippen LogP contribution in [0.5, 0.6) is 0 Å². The normalized spacial score (nSPS) is 10.4. The summed E-state index contributed by atoms with van der Waals surface area (Å²) in [6, 6.07) is 5.53. The van der Waals surface area contributed by atoms with Gasteiger partial charge in [-0.25, -0.2) is 9.97 Å². The quantitative estimate of drug-likeness (QED) is 0.635. The smallest absolute Gasteiger partial charge is 0.127 e. The molecule has 0 saturated heterocycles. The minimum absolute atomic E-state index is 0.632. The Balaban J connectivity index is 2.56. The molecular weight excluding hydrogens is 220 g/mol. The van der Waals surface area contributed by atoms with Crippen LogP contribution in [-0.4, -0.2) is 21.2 Å². The van der Waals surface area contributed by atoms with Crippen LogP contribution in [0.2, 0.25) is 0 Å². The van der Waals surface area contributed by atoms with E-state index >= 15 is 0 Å². The van der Waals surface area contributed by atoms with Gasteiger partial charge in [-0.1, -0.05) is 0 Å². The van der Waals surface area contributed by atoms with Crippen molar-refractivity contribution in [1.29, 1.82) is 0 Å². The number of pyridine rings is 1. The fourth-order valence-corrected chi connectivity index (χ4v) is 1.85. The van der Waals surface area contributed by atoms with Crippen molar-refractivity contribution in [2.24, 2.45) is 0 Å². The summed E-state index contributed by atoms with van der Waals surface area (Å²) < 4.78 is 0. The van der Waals surface area contributed by atoms with Gasteiger partial charge >= 0.3 is 0 Å². The Morgan fingerprint density at radius 3 is 2.81 bits per heavy atom. The number of rotatable bonds is 2. The monoisotopic (exact) mass is 232 g/mol. The third-order valence-corrected chi connectivity index (χ3v) is 2.73. The van der Waals surface area contributed by atoms with E-state index < -0.39 is 0 Å². The van der Waals surface area contributed by atoms with Gasteiger partial charge in [-0.05, 0) is 31.4 Å². The molecular formula is C11H12N4S. The van der Waals surface area contributed by atoms with Crippen LogP contribution in [0.15, 0.2) is 29.4 Å². The summed E-state index contributed by atoms with van der Waals surface area (Å²) in [7, 11) is 0. The molecule has 2 rings (SSSR count). The standard InChI is InChI=1S/C11H12N4S/c1-7-14-9(6-10(15-7)16-2)11-8(12)4-3-5-13-11/h3-6H,12H2,1-2H3. The van der Waals surface area contributed by atoms with Crippen LogP contribution in [0.25, 0.3) is 11.4 Å². The van der Waals surface area contributed by atoms with Crippen molar-refractivity contribution in [3.63, 3.8) is 0 Å². The Labute approximate surface area is 98.3 Å². The van der Waals surface area contributed by atoms with Gasteiger partial charge in [0.1, 0.15) is 16.5 Å². The maximum Gasteiger partial charge on any atom is 0.127 e. The Kier molecular flexibility index (Phi) is 3.05. The SMILES string of the molecule is CSc1cc(-c2ncccc2N)nc(C)n1. The summed E-state index contributed by atoms with van der Waals surface area (Å²) in [6.07, 6.45) is 3.69. The summed E-state index contributed by atoms with van der Waals surface area (Å²) in [5.41, 5.74) is 7.98. The summed E-state index contributed by atoms with van der Waals surface area (Å²) in [5, 5.41) is 0.924. The number of aryl methyl sites for hydroxylation is 1. The van der Waals surface area contributed by atoms with E-state index in [9.17, 15) is 0 Å². The van der Waals surface area contributed by atoms with Crippen molar-refractivity contribution in [3.8, 4) is 11.4 Å². The van der Waals surface area contributed by atoms with Crippen LogP contribution in [0.1, 0.15) is 5.82 Å². The number of aromatic nitrogens is 3. The molecule has 4 nitrogen and oxygen atoms in total. The highest BCUT2D eigenvalue weighted by Gasteiger charge is 2.07. The maximum absolute atomic E-state index is 5.86. The van der Waals surface area contributed by atoms with E-state index in [-0.39, 0.29) is 0 Å². The first-order valence-corrected chi connectivity index (χ1v) is 6.03. The zero-order chi connectivity index (χ0) is 11.5. The molecule has 2 aromatic rings. The van der Waals surface area contributed by atoms with E-state index in [1.54, 1.807) is 18.0 Å². The summed E-state index contributed by atoms with van der Waals surface area (Å²) in [4.78, 5) is 12.9. The van der Waals surface area contributed by atoms with Gasteiger partial charge in [-0.15, -0.1) is 11.8 Å². The largest absolute Gasteiger partial charge is 0.397 e. The molecule has 0 radical (unpaired) electrons. The first-order chi connectivity index (χ1) is 7.70. The number of nitrogens with zero attached hydrogens (tertiary/aromatic N) is 3. The minimum atomic E-state index is 0.632. The van der Waals surface area contributed by atoms with E-state index in [1.165, 1.54) is 0 Å². The number of hydrogen-bond donors (Lipinski definition) is 1. The number of anilines is 1. The second-order valence-corrected chi connectivity index (χ2v) is 4.11. The van der Waals surface area contributed by atoms with E-state index in [1.807, 2.05) is 31.4 Å². The summed E-state index contributed by atoms with van der Waals surface area (Å²) in [6.45, 7) is 1.86. The van der Waals surface area contributed by atoms with Crippen LogP contribution in [0.3, 0.4) is 0 Å². The summed E-state index contributed by atoms with van der Waals surface area (Å²) in [5.74, 6) is 0.729. The Morgan fingerprint density at radius 1 is 1.31 bits per heavy atom. The minimum Gasteiger partial charge on any atom is -0.397 e. The van der Waals surface area contributed by atoms with Crippen molar-refractivity contribution >= 4 is 17.4 Å². The van der Waals surface area contributed by atoms with Gasteiger partial charge in [0.15, 0.2) is 0 Å². The average molecular weight is 232 g/mol. The first kappa shape index (κ1) is 10.9. The molecule has 0 aliphatic carbocycles. The van der Waals surface area contributed by atoms with Gasteiger partial charge in [0.2, 0.25) is 0 Å². The topological polar surface area (TPSA) is 64.7 Å². The fraction of sp³-hybridized carbons (Fsp3) is 0.182. The lowest BCUT2D eigenvalue weighted by molar-refractivity contribution is 0.970. The molecule has 2 N–H and O–H groups in total. The van der Waals surface area contributed by atoms with Crippen molar-refractivity contribution in [3.05, 3.63) is 30.2 Å². The van der Waals surface area contributed by atoms with Crippen LogP contribution in [-0.2, 0) is 0 Å². The lowest BCUT2D eigenvalue weighted by atomic mass is 10.2. The molecule has 16 heavy (non-hydrogen) atoms. The number of nitrogens with two attached hydrogens (primary N) is 1. The highest BCUT2D eigenvalue weighted by molar-refractivity contribution is 7.98. The first-order valence-electron chi connectivity index (χ1n) is 4.81. The van der Waals surface area contributed by atoms with Crippen molar-refractivity contribution in [2.45, 2.75) is 11.9 Å². The Morgan fingerprint density at radius 2 is 2.12 bits per heavy atom. The van der Waals surface area contributed by atoms with E-state index in [2.05, 4.69) is 15.0 Å². The average Bonchev–Trinajstić information content (AvgIpc) is 2.28. The van der Waals surface area contributed by atoms with Gasteiger partial charge in [-0.2, -0.15) is 0 Å². The molecule has 0 spiro atoms. The molecule has 0 fully saturated rings. The van der Waals surface area contributed by atoms with Gasteiger partial charge in [0, 0.05) is 6.20 Å². The molecule has 5 heteroatoms. The maximum atomic E-state index is 5.86. The lowest BCUT2D eigenvalue weighted by Gasteiger charge is -2.05. The fourth-order valence-electron chi connectivity index (χ4n) is 1.40. The zero-order valence-corrected chi connectivity index (χ0v) is 9.95. The highest BCUT2D eigenvalue weighted by Crippen LogP contribution is 2.23. The van der Waals surface area contributed by atoms with Gasteiger partial charge in [0.05, 0.1) is 11.4 Å². The van der Waals surface area contributed by atoms with Gasteiger partial charge < -0.3 is 5.73 Å². The second-order valence-electron chi connectivity index (χ2n) is 3.28. The van der Waals surface area contributed by atoms with Crippen molar-refractivity contribution in [1.82, 2.24) is 15.0 Å². The molecule has 0 aromatic carbocycles. The van der Waals surface area contributed by atoms with Crippen molar-refractivity contribution < 1.29 is 0 Å².